The molecule has 1 saturated carbocycles. The van der Waals surface area contributed by atoms with Crippen LogP contribution < -0.4 is 15.5 Å². The lowest BCUT2D eigenvalue weighted by Gasteiger charge is -2.42. The van der Waals surface area contributed by atoms with Gasteiger partial charge in [0.15, 0.2) is 5.82 Å². The second-order valence-corrected chi connectivity index (χ2v) is 11.1. The topological polar surface area (TPSA) is 112 Å². The molecular weight excluding hydrogens is 540 g/mol. The molecule has 0 unspecified atom stereocenters. The lowest BCUT2D eigenvalue weighted by atomic mass is 9.71. The molecule has 0 saturated heterocycles. The molecule has 3 heterocycles. The number of imidazole rings is 1. The van der Waals surface area contributed by atoms with Crippen molar-refractivity contribution in [2.24, 2.45) is 0 Å². The van der Waals surface area contributed by atoms with Gasteiger partial charge in [0.25, 0.3) is 0 Å². The Morgan fingerprint density at radius 1 is 0.953 bits per heavy atom. The third-order valence-corrected chi connectivity index (χ3v) is 8.59. The zero-order valence-corrected chi connectivity index (χ0v) is 23.8. The van der Waals surface area contributed by atoms with Gasteiger partial charge in [-0.2, -0.15) is 0 Å². The van der Waals surface area contributed by atoms with Crippen molar-refractivity contribution in [3.05, 3.63) is 96.7 Å². The van der Waals surface area contributed by atoms with Gasteiger partial charge in [0.05, 0.1) is 28.3 Å². The fourth-order valence-corrected chi connectivity index (χ4v) is 6.08. The number of anilines is 3. The van der Waals surface area contributed by atoms with Crippen molar-refractivity contribution in [3.63, 3.8) is 0 Å². The number of fused-ring (bicyclic) bond motifs is 5. The van der Waals surface area contributed by atoms with Crippen LogP contribution in [0.3, 0.4) is 0 Å². The van der Waals surface area contributed by atoms with Gasteiger partial charge in [0, 0.05) is 42.5 Å². The van der Waals surface area contributed by atoms with Gasteiger partial charge in [-0.15, -0.1) is 0 Å². The largest absolute Gasteiger partial charge is 0.465 e. The Morgan fingerprint density at radius 2 is 1.67 bits per heavy atom. The Balaban J connectivity index is 1.45. The highest BCUT2D eigenvalue weighted by Crippen LogP contribution is 2.46. The van der Waals surface area contributed by atoms with E-state index in [9.17, 15) is 14.7 Å². The summed E-state index contributed by atoms with van der Waals surface area (Å²) in [5.74, 6) is 1.45. The van der Waals surface area contributed by atoms with Gasteiger partial charge >= 0.3 is 6.09 Å². The number of pyridine rings is 1. The summed E-state index contributed by atoms with van der Waals surface area (Å²) in [4.78, 5) is 35.1. The first kappa shape index (κ1) is 26.5. The van der Waals surface area contributed by atoms with E-state index in [0.717, 1.165) is 75.8 Å². The van der Waals surface area contributed by atoms with Gasteiger partial charge in [0.1, 0.15) is 5.82 Å². The predicted molar refractivity (Wildman–Crippen MR) is 167 cm³/mol. The average Bonchev–Trinajstić information content (AvgIpc) is 3.33. The number of nitrogens with one attached hydrogen (secondary N) is 2. The summed E-state index contributed by atoms with van der Waals surface area (Å²) in [6.07, 6.45) is 3.28. The summed E-state index contributed by atoms with van der Waals surface area (Å²) in [6.45, 7) is 1.54. The molecule has 9 nitrogen and oxygen atoms in total. The zero-order chi connectivity index (χ0) is 29.7. The summed E-state index contributed by atoms with van der Waals surface area (Å²) in [6, 6.07) is 28.0. The van der Waals surface area contributed by atoms with Crippen LogP contribution >= 0.6 is 0 Å². The number of nitrogens with zero attached hydrogens (tertiary/aromatic N) is 4. The standard InChI is InChI=1S/C34H30N6O3/c1-21(41)39(2)25-16-12-22(13-17-25)29-30(23-10-14-24(15-11-23)34(18-6-19-34)38-33(42)43)40-28-9-5-20-35-31(28)36-27-8-4-3-7-26(27)32(40)37-29/h3-5,7-17,20,38H,6,18-19H2,1-2H3,(H,35,36)(H,42,43). The van der Waals surface area contributed by atoms with E-state index in [1.54, 1.807) is 25.1 Å². The molecule has 0 atom stereocenters. The van der Waals surface area contributed by atoms with Crippen molar-refractivity contribution >= 4 is 29.2 Å². The van der Waals surface area contributed by atoms with Crippen LogP contribution in [0.1, 0.15) is 31.7 Å². The fraction of sp³-hybridized carbons (Fsp3) is 0.176. The van der Waals surface area contributed by atoms with Gasteiger partial charge in [-0.05, 0) is 61.2 Å². The number of hydrogen-bond acceptors (Lipinski definition) is 5. The highest BCUT2D eigenvalue weighted by molar-refractivity contribution is 5.93. The van der Waals surface area contributed by atoms with Crippen molar-refractivity contribution in [3.8, 4) is 39.6 Å². The molecule has 1 aliphatic heterocycles. The van der Waals surface area contributed by atoms with Crippen LogP contribution in [-0.4, -0.2) is 38.7 Å². The van der Waals surface area contributed by atoms with Gasteiger partial charge in [0.2, 0.25) is 5.91 Å². The number of hydrogen-bond donors (Lipinski definition) is 3. The third kappa shape index (κ3) is 4.41. The van der Waals surface area contributed by atoms with Crippen LogP contribution in [0.25, 0.3) is 39.6 Å². The molecule has 1 aliphatic carbocycles. The normalized spacial score (nSPS) is 14.2. The highest BCUT2D eigenvalue weighted by Gasteiger charge is 2.40. The van der Waals surface area contributed by atoms with Crippen LogP contribution in [0.15, 0.2) is 91.1 Å². The van der Waals surface area contributed by atoms with E-state index in [-0.39, 0.29) is 5.91 Å². The Kier molecular flexibility index (Phi) is 6.23. The van der Waals surface area contributed by atoms with Crippen molar-refractivity contribution in [2.45, 2.75) is 31.7 Å². The highest BCUT2D eigenvalue weighted by atomic mass is 16.4. The number of aromatic nitrogens is 3. The van der Waals surface area contributed by atoms with Gasteiger partial charge in [-0.3, -0.25) is 9.36 Å². The molecule has 1 fully saturated rings. The number of rotatable bonds is 5. The SMILES string of the molecule is CC(=O)N(C)c1ccc(-c2nc3n(c2-c2ccc(C4(NC(=O)O)CCC4)cc2)-c2cccnc2Nc2ccccc2-3)cc1. The number of carbonyl (C=O) groups excluding carboxylic acids is 1. The van der Waals surface area contributed by atoms with Crippen molar-refractivity contribution in [2.75, 3.05) is 17.3 Å². The Morgan fingerprint density at radius 3 is 2.35 bits per heavy atom. The van der Waals surface area contributed by atoms with Crippen molar-refractivity contribution in [1.29, 1.82) is 0 Å². The summed E-state index contributed by atoms with van der Waals surface area (Å²) in [7, 11) is 1.76. The van der Waals surface area contributed by atoms with E-state index in [4.69, 9.17) is 4.98 Å². The molecule has 0 radical (unpaired) electrons. The molecule has 7 rings (SSSR count). The van der Waals surface area contributed by atoms with E-state index >= 15 is 0 Å². The van der Waals surface area contributed by atoms with Crippen molar-refractivity contribution in [1.82, 2.24) is 19.9 Å². The van der Waals surface area contributed by atoms with Crippen LogP contribution in [0.2, 0.25) is 0 Å². The summed E-state index contributed by atoms with van der Waals surface area (Å²) in [5, 5.41) is 15.8. The zero-order valence-electron chi connectivity index (χ0n) is 23.8. The molecule has 43 heavy (non-hydrogen) atoms. The van der Waals surface area contributed by atoms with E-state index in [1.165, 1.54) is 0 Å². The van der Waals surface area contributed by atoms with Crippen LogP contribution in [0.5, 0.6) is 0 Å². The Labute approximate surface area is 248 Å². The molecule has 9 heteroatoms. The summed E-state index contributed by atoms with van der Waals surface area (Å²) >= 11 is 0. The molecule has 3 aromatic carbocycles. The first-order chi connectivity index (χ1) is 20.8. The monoisotopic (exact) mass is 570 g/mol. The smallest absolute Gasteiger partial charge is 0.405 e. The molecule has 0 bridgehead atoms. The van der Waals surface area contributed by atoms with Crippen LogP contribution in [-0.2, 0) is 10.3 Å². The maximum absolute atomic E-state index is 12.0. The number of carboxylic acid groups (broad SMARTS) is 1. The molecule has 214 valence electrons. The van der Waals surface area contributed by atoms with E-state index in [1.807, 2.05) is 84.9 Å². The number of para-hydroxylation sites is 1. The van der Waals surface area contributed by atoms with Gasteiger partial charge < -0.3 is 20.6 Å². The number of carbonyl (C=O) groups is 2. The average molecular weight is 571 g/mol. The lowest BCUT2D eigenvalue weighted by Crippen LogP contribution is -2.50. The Bertz CT molecular complexity index is 1870. The fourth-order valence-electron chi connectivity index (χ4n) is 6.08. The van der Waals surface area contributed by atoms with Crippen LogP contribution in [0.4, 0.5) is 22.0 Å². The lowest BCUT2D eigenvalue weighted by molar-refractivity contribution is -0.116. The molecule has 0 spiro atoms. The maximum atomic E-state index is 12.0. The van der Waals surface area contributed by atoms with E-state index in [2.05, 4.69) is 20.2 Å². The minimum Gasteiger partial charge on any atom is -0.465 e. The van der Waals surface area contributed by atoms with Gasteiger partial charge in [-0.1, -0.05) is 48.5 Å². The minimum absolute atomic E-state index is 0.0444. The molecule has 5 aromatic rings. The molecule has 3 N–H and O–H groups in total. The first-order valence-corrected chi connectivity index (χ1v) is 14.3. The summed E-state index contributed by atoms with van der Waals surface area (Å²) in [5.41, 5.74) is 7.41. The summed E-state index contributed by atoms with van der Waals surface area (Å²) < 4.78 is 2.15. The quantitative estimate of drug-likeness (QED) is 0.207. The predicted octanol–water partition coefficient (Wildman–Crippen LogP) is 6.95. The second-order valence-electron chi connectivity index (χ2n) is 11.1. The molecule has 2 aromatic heterocycles. The van der Waals surface area contributed by atoms with E-state index in [0.29, 0.717) is 5.82 Å². The first-order valence-electron chi connectivity index (χ1n) is 14.3. The van der Waals surface area contributed by atoms with E-state index < -0.39 is 11.6 Å². The molecule has 2 aliphatic rings. The second kappa shape index (κ2) is 10.1. The molecule has 2 amide bonds. The van der Waals surface area contributed by atoms with Crippen molar-refractivity contribution < 1.29 is 14.7 Å². The Hall–Kier alpha value is -5.44. The number of benzene rings is 3. The van der Waals surface area contributed by atoms with Crippen LogP contribution in [0, 0.1) is 0 Å². The number of amides is 2. The maximum Gasteiger partial charge on any atom is 0.405 e. The molecular formula is C34H30N6O3. The van der Waals surface area contributed by atoms with Gasteiger partial charge in [-0.25, -0.2) is 14.8 Å². The minimum atomic E-state index is -1.01. The third-order valence-electron chi connectivity index (χ3n) is 8.59.